The molecule has 274 valence electrons. The van der Waals surface area contributed by atoms with Gasteiger partial charge >= 0.3 is 6.01 Å². The first kappa shape index (κ1) is 35.4. The molecule has 0 radical (unpaired) electrons. The van der Waals surface area contributed by atoms with E-state index >= 15 is 8.78 Å². The van der Waals surface area contributed by atoms with Crippen LogP contribution in [0, 0.1) is 35.3 Å². The summed E-state index contributed by atoms with van der Waals surface area (Å²) in [7, 11) is 0. The molecule has 3 aliphatic heterocycles. The molecule has 0 spiro atoms. The molecule has 3 atom stereocenters. The normalized spacial score (nSPS) is 21.7. The summed E-state index contributed by atoms with van der Waals surface area (Å²) in [5.41, 5.74) is -0.578. The van der Waals surface area contributed by atoms with Gasteiger partial charge in [-0.15, -0.1) is 17.8 Å². The highest BCUT2D eigenvalue weighted by Gasteiger charge is 2.49. The average Bonchev–Trinajstić information content (AvgIpc) is 3.90. The van der Waals surface area contributed by atoms with Crippen LogP contribution in [0.1, 0.15) is 36.3 Å². The number of amides is 1. The van der Waals surface area contributed by atoms with Crippen molar-refractivity contribution >= 4 is 50.8 Å². The molecular formula is C39H32F4N8O2S. The van der Waals surface area contributed by atoms with E-state index in [1.807, 2.05) is 0 Å². The minimum absolute atomic E-state index is 0.0202. The second-order valence-corrected chi connectivity index (χ2v) is 14.6. The smallest absolute Gasteiger partial charge is 0.319 e. The molecule has 0 bridgehead atoms. The largest absolute Gasteiger partial charge is 0.461 e. The molecule has 3 saturated heterocycles. The Morgan fingerprint density at radius 3 is 2.81 bits per heavy atom. The number of terminal acetylenes is 1. The monoisotopic (exact) mass is 752 g/mol. The quantitative estimate of drug-likeness (QED) is 0.100. The van der Waals surface area contributed by atoms with Crippen molar-refractivity contribution < 1.29 is 27.1 Å². The highest BCUT2D eigenvalue weighted by Crippen LogP contribution is 2.41. The van der Waals surface area contributed by atoms with E-state index in [2.05, 4.69) is 31.8 Å². The van der Waals surface area contributed by atoms with Crippen molar-refractivity contribution in [3.05, 3.63) is 76.1 Å². The lowest BCUT2D eigenvalue weighted by Gasteiger charge is -2.41. The molecule has 0 saturated carbocycles. The van der Waals surface area contributed by atoms with Gasteiger partial charge in [-0.1, -0.05) is 30.2 Å². The lowest BCUT2D eigenvalue weighted by Crippen LogP contribution is -2.55. The number of ether oxygens (including phenoxy) is 1. The first-order chi connectivity index (χ1) is 26.2. The number of anilines is 1. The topological polar surface area (TPSA) is 111 Å². The van der Waals surface area contributed by atoms with E-state index in [1.165, 1.54) is 34.7 Å². The summed E-state index contributed by atoms with van der Waals surface area (Å²) in [4.78, 5) is 36.2. The lowest BCUT2D eigenvalue weighted by molar-refractivity contribution is -0.131. The van der Waals surface area contributed by atoms with Crippen LogP contribution in [0.2, 0.25) is 0 Å². The second kappa shape index (κ2) is 14.3. The van der Waals surface area contributed by atoms with Crippen LogP contribution >= 0.6 is 11.3 Å². The number of carbonyl (C=O) groups is 1. The van der Waals surface area contributed by atoms with Crippen molar-refractivity contribution in [3.63, 3.8) is 0 Å². The number of halogens is 4. The number of aromatic nitrogens is 4. The van der Waals surface area contributed by atoms with Crippen LogP contribution in [0.25, 0.3) is 39.0 Å². The Hall–Kier alpha value is -5.64. The minimum Gasteiger partial charge on any atom is -0.461 e. The predicted molar refractivity (Wildman–Crippen MR) is 196 cm³/mol. The number of hydrogen-bond acceptors (Lipinski definition) is 10. The Bertz CT molecular complexity index is 2400. The van der Waals surface area contributed by atoms with Crippen molar-refractivity contribution in [3.8, 4) is 35.7 Å². The first-order valence-corrected chi connectivity index (χ1v) is 18.3. The molecule has 5 aromatic rings. The van der Waals surface area contributed by atoms with Crippen LogP contribution in [0.3, 0.4) is 0 Å². The number of nitriles is 1. The average molecular weight is 753 g/mol. The number of nitrogens with zero attached hydrogens (tertiary/aromatic N) is 8. The van der Waals surface area contributed by atoms with Crippen LogP contribution in [-0.4, -0.2) is 92.7 Å². The molecule has 0 aliphatic carbocycles. The van der Waals surface area contributed by atoms with Gasteiger partial charge in [0.2, 0.25) is 0 Å². The molecule has 15 heteroatoms. The molecule has 1 amide bonds. The highest BCUT2D eigenvalue weighted by atomic mass is 32.1. The van der Waals surface area contributed by atoms with Gasteiger partial charge in [-0.05, 0) is 30.8 Å². The van der Waals surface area contributed by atoms with Gasteiger partial charge in [0.1, 0.15) is 40.6 Å². The molecule has 3 fully saturated rings. The zero-order chi connectivity index (χ0) is 37.6. The molecule has 54 heavy (non-hydrogen) atoms. The Morgan fingerprint density at radius 2 is 2.02 bits per heavy atom. The molecule has 3 aliphatic rings. The summed E-state index contributed by atoms with van der Waals surface area (Å²) in [5.74, 6) is -0.734. The van der Waals surface area contributed by atoms with E-state index in [0.717, 1.165) is 25.5 Å². The van der Waals surface area contributed by atoms with Gasteiger partial charge in [0.25, 0.3) is 5.91 Å². The van der Waals surface area contributed by atoms with Gasteiger partial charge < -0.3 is 14.5 Å². The Balaban J connectivity index is 1.20. The maximum atomic E-state index is 17.0. The van der Waals surface area contributed by atoms with Crippen LogP contribution in [0.4, 0.5) is 23.4 Å². The van der Waals surface area contributed by atoms with E-state index < -0.39 is 41.1 Å². The number of benzene rings is 2. The standard InChI is InChI=1S/C39H32F4N8O2S/c1-2-26-29(41)8-7-23-5-3-6-27(32(23)26)34-33(43)35-28(19-46-34)36(48-38(47-35)53-22-39-10-4-13-50(39)20-24(40)18-39)49-14-15-51(25(21-49)9-11-44)37(52)30(42)17-31-45-12-16-54-31/h1,3,5-8,12,16-17,19,24-25H,4,9-10,13-15,18,20-22H2/b30-17-/t24-,25+,39+/m1/s1. The van der Waals surface area contributed by atoms with Crippen LogP contribution in [-0.2, 0) is 4.79 Å². The fraction of sp³-hybridized carbons (Fsp3) is 0.333. The van der Waals surface area contributed by atoms with E-state index in [0.29, 0.717) is 28.7 Å². The van der Waals surface area contributed by atoms with Gasteiger partial charge in [0.15, 0.2) is 11.6 Å². The molecular weight excluding hydrogens is 721 g/mol. The van der Waals surface area contributed by atoms with Gasteiger partial charge in [-0.3, -0.25) is 14.7 Å². The van der Waals surface area contributed by atoms with E-state index in [9.17, 15) is 18.8 Å². The Morgan fingerprint density at radius 1 is 1.15 bits per heavy atom. The lowest BCUT2D eigenvalue weighted by atomic mass is 9.95. The molecule has 0 N–H and O–H groups in total. The summed E-state index contributed by atoms with van der Waals surface area (Å²) in [6.45, 7) is 1.34. The molecule has 2 aromatic carbocycles. The zero-order valence-electron chi connectivity index (χ0n) is 28.8. The predicted octanol–water partition coefficient (Wildman–Crippen LogP) is 6.46. The van der Waals surface area contributed by atoms with Gasteiger partial charge in [0, 0.05) is 67.4 Å². The molecule has 6 heterocycles. The number of hydrogen-bond donors (Lipinski definition) is 0. The summed E-state index contributed by atoms with van der Waals surface area (Å²) >= 11 is 1.18. The number of carbonyl (C=O) groups excluding carboxylic acids is 1. The van der Waals surface area contributed by atoms with Crippen molar-refractivity contribution in [2.45, 2.75) is 43.4 Å². The van der Waals surface area contributed by atoms with Crippen molar-refractivity contribution in [1.29, 1.82) is 5.26 Å². The van der Waals surface area contributed by atoms with Crippen molar-refractivity contribution in [2.75, 3.05) is 44.2 Å². The zero-order valence-corrected chi connectivity index (χ0v) is 29.6. The summed E-state index contributed by atoms with van der Waals surface area (Å²) in [6, 6.07) is 9.03. The maximum absolute atomic E-state index is 17.0. The Kier molecular flexibility index (Phi) is 9.37. The third-order valence-corrected chi connectivity index (χ3v) is 11.3. The maximum Gasteiger partial charge on any atom is 0.319 e. The first-order valence-electron chi connectivity index (χ1n) is 17.5. The van der Waals surface area contributed by atoms with Crippen molar-refractivity contribution in [1.82, 2.24) is 29.7 Å². The van der Waals surface area contributed by atoms with Gasteiger partial charge in [0.05, 0.1) is 35.0 Å². The second-order valence-electron chi connectivity index (χ2n) is 13.7. The van der Waals surface area contributed by atoms with Crippen LogP contribution < -0.4 is 9.64 Å². The van der Waals surface area contributed by atoms with Crippen LogP contribution in [0.15, 0.2) is 53.9 Å². The number of pyridine rings is 1. The third-order valence-electron chi connectivity index (χ3n) is 10.5. The van der Waals surface area contributed by atoms with Crippen molar-refractivity contribution in [2.24, 2.45) is 0 Å². The fourth-order valence-electron chi connectivity index (χ4n) is 8.06. The minimum atomic E-state index is -1.01. The number of alkyl halides is 1. The molecule has 3 aromatic heterocycles. The summed E-state index contributed by atoms with van der Waals surface area (Å²) < 4.78 is 67.9. The number of thiazole rings is 1. The summed E-state index contributed by atoms with van der Waals surface area (Å²) in [5, 5.41) is 12.8. The SMILES string of the molecule is C#Cc1c(F)ccc2cccc(-c3ncc4c(N5CCN(C(=O)/C(F)=C/c6nccs6)[C@@H](CC#N)C5)nc(OC[C@@]56CCCN5C[C@H](F)C6)nc4c3F)c12. The van der Waals surface area contributed by atoms with Gasteiger partial charge in [-0.25, -0.2) is 22.5 Å². The fourth-order valence-corrected chi connectivity index (χ4v) is 8.62. The molecule has 0 unspecified atom stereocenters. The molecule has 8 rings (SSSR count). The number of rotatable bonds is 8. The number of piperazine rings is 1. The van der Waals surface area contributed by atoms with E-state index in [-0.39, 0.29) is 72.2 Å². The van der Waals surface area contributed by atoms with Gasteiger partial charge in [-0.2, -0.15) is 15.2 Å². The Labute approximate surface area is 311 Å². The third kappa shape index (κ3) is 6.27. The van der Waals surface area contributed by atoms with E-state index in [4.69, 9.17) is 16.1 Å². The van der Waals surface area contributed by atoms with Crippen LogP contribution in [0.5, 0.6) is 6.01 Å². The van der Waals surface area contributed by atoms with E-state index in [1.54, 1.807) is 34.5 Å². The number of fused-ring (bicyclic) bond motifs is 3. The molecule has 10 nitrogen and oxygen atoms in total. The summed E-state index contributed by atoms with van der Waals surface area (Å²) in [6.07, 6.45) is 10.5. The highest BCUT2D eigenvalue weighted by molar-refractivity contribution is 7.10.